The van der Waals surface area contributed by atoms with Gasteiger partial charge in [0.05, 0.1) is 71.3 Å². The van der Waals surface area contributed by atoms with E-state index in [0.717, 1.165) is 242 Å². The van der Waals surface area contributed by atoms with E-state index in [-0.39, 0.29) is 39.3 Å². The second kappa shape index (κ2) is 35.9. The van der Waals surface area contributed by atoms with Gasteiger partial charge in [0.25, 0.3) is 0 Å². The van der Waals surface area contributed by atoms with Gasteiger partial charge < -0.3 is 62.1 Å². The molecule has 13 aliphatic rings. The number of aromatic nitrogens is 18. The van der Waals surface area contributed by atoms with Crippen LogP contribution in [0, 0.1) is 5.41 Å². The Hall–Kier alpha value is -12.0. The van der Waals surface area contributed by atoms with Gasteiger partial charge in [-0.1, -0.05) is 77.0 Å². The molecule has 0 amide bonds. The number of hydrogen-bond acceptors (Lipinski definition) is 31. The lowest BCUT2D eigenvalue weighted by Gasteiger charge is -2.42. The van der Waals surface area contributed by atoms with Crippen LogP contribution in [0.2, 0.25) is 0 Å². The predicted molar refractivity (Wildman–Crippen MR) is 492 cm³/mol. The molecule has 17 heterocycles. The summed E-state index contributed by atoms with van der Waals surface area (Å²) in [5, 5.41) is 35.6. The fourth-order valence-corrected chi connectivity index (χ4v) is 22.8. The second-order valence-electron chi connectivity index (χ2n) is 37.2. The summed E-state index contributed by atoms with van der Waals surface area (Å²) < 4.78 is 5.44. The Morgan fingerprint density at radius 1 is 0.352 bits per heavy atom. The van der Waals surface area contributed by atoms with Crippen LogP contribution in [0.1, 0.15) is 228 Å². The van der Waals surface area contributed by atoms with Crippen molar-refractivity contribution in [2.45, 2.75) is 203 Å². The number of piperazine rings is 4. The first kappa shape index (κ1) is 82.9. The first-order valence-electron chi connectivity index (χ1n) is 47.1. The van der Waals surface area contributed by atoms with Crippen molar-refractivity contribution in [2.75, 3.05) is 146 Å². The van der Waals surface area contributed by atoms with Crippen LogP contribution in [-0.4, -0.2) is 217 Å². The summed E-state index contributed by atoms with van der Waals surface area (Å²) in [5.74, 6) is 6.01. The van der Waals surface area contributed by atoms with Crippen molar-refractivity contribution in [1.82, 2.24) is 110 Å². The Labute approximate surface area is 743 Å². The Morgan fingerprint density at radius 2 is 0.789 bits per heavy atom. The van der Waals surface area contributed by atoms with Crippen LogP contribution in [0.3, 0.4) is 0 Å². The molecule has 4 spiro atoms. The third-order valence-electron chi connectivity index (χ3n) is 29.5. The van der Waals surface area contributed by atoms with Crippen LogP contribution in [0.4, 0.5) is 69.8 Å². The van der Waals surface area contributed by atoms with Crippen molar-refractivity contribution < 1.29 is 19.2 Å². The van der Waals surface area contributed by atoms with Gasteiger partial charge in [0, 0.05) is 176 Å². The van der Waals surface area contributed by atoms with E-state index in [1.165, 1.54) is 95.5 Å². The molecule has 0 atom stereocenters. The van der Waals surface area contributed by atoms with Crippen LogP contribution >= 0.6 is 0 Å². The second-order valence-corrected chi connectivity index (χ2v) is 37.2. The van der Waals surface area contributed by atoms with E-state index in [2.05, 4.69) is 146 Å². The van der Waals surface area contributed by atoms with Crippen molar-refractivity contribution in [2.24, 2.45) is 5.41 Å². The molecule has 0 radical (unpaired) electrons. The quantitative estimate of drug-likeness (QED) is 0.0563. The lowest BCUT2D eigenvalue weighted by atomic mass is 9.62. The zero-order valence-corrected chi connectivity index (χ0v) is 73.0. The molecule has 8 fully saturated rings. The zero-order chi connectivity index (χ0) is 86.2. The Kier molecular flexibility index (Phi) is 23.3. The molecule has 11 aromatic heterocycles. The molecule has 34 nitrogen and oxygen atoms in total. The summed E-state index contributed by atoms with van der Waals surface area (Å²) in [6, 6.07) is 16.2. The third-order valence-corrected chi connectivity index (χ3v) is 29.5. The van der Waals surface area contributed by atoms with Crippen molar-refractivity contribution in [3.05, 3.63) is 138 Å². The van der Waals surface area contributed by atoms with Crippen molar-refractivity contribution >= 4 is 126 Å². The van der Waals surface area contributed by atoms with Crippen LogP contribution in [0.25, 0.3) is 33.4 Å². The normalized spacial score (nSPS) is 20.9. The highest BCUT2D eigenvalue weighted by Crippen LogP contribution is 2.58. The van der Waals surface area contributed by atoms with Crippen molar-refractivity contribution in [1.29, 1.82) is 0 Å². The van der Waals surface area contributed by atoms with E-state index in [1.54, 1.807) is 27.9 Å². The van der Waals surface area contributed by atoms with E-state index >= 15 is 0 Å². The Bertz CT molecular complexity index is 5500. The van der Waals surface area contributed by atoms with Gasteiger partial charge in [-0.2, -0.15) is 20.2 Å². The summed E-state index contributed by atoms with van der Waals surface area (Å²) in [6.07, 6.45) is 45.0. The summed E-state index contributed by atoms with van der Waals surface area (Å²) in [5.41, 5.74) is 15.3. The van der Waals surface area contributed by atoms with E-state index < -0.39 is 0 Å². The maximum Gasteiger partial charge on any atom is 0.247 e. The molecule has 11 aromatic rings. The molecule has 0 bridgehead atoms. The molecule has 24 rings (SSSR count). The number of nitrogens with one attached hydrogen (secondary N) is 8. The van der Waals surface area contributed by atoms with Gasteiger partial charge >= 0.3 is 0 Å². The summed E-state index contributed by atoms with van der Waals surface area (Å²) >= 11 is 0. The first-order valence-corrected chi connectivity index (χ1v) is 47.1. The molecule has 4 saturated carbocycles. The molecule has 0 unspecified atom stereocenters. The highest BCUT2D eigenvalue weighted by Gasteiger charge is 2.49. The van der Waals surface area contributed by atoms with Crippen molar-refractivity contribution in [3.63, 3.8) is 0 Å². The van der Waals surface area contributed by atoms with Gasteiger partial charge in [-0.05, 0) is 137 Å². The van der Waals surface area contributed by atoms with Gasteiger partial charge in [-0.15, -0.1) is 0 Å². The average Bonchev–Trinajstić information content (AvgIpc) is 1.58. The van der Waals surface area contributed by atoms with Gasteiger partial charge in [0.1, 0.15) is 51.8 Å². The lowest BCUT2D eigenvalue weighted by Crippen LogP contribution is -2.43. The highest BCUT2D eigenvalue weighted by molar-refractivity contribution is 6.08. The number of carbonyl (C=O) groups excluding carboxylic acids is 4. The number of imidazole rings is 1. The van der Waals surface area contributed by atoms with Gasteiger partial charge in [-0.3, -0.25) is 23.7 Å². The number of rotatable bonds is 12. The molecule has 6 aliphatic heterocycles. The molecule has 128 heavy (non-hydrogen) atoms. The largest absolute Gasteiger partial charge is 0.368 e. The molecule has 8 N–H and O–H groups in total. The molecular formula is C94H114N30O4. The number of fused-ring (bicyclic) bond motifs is 15. The fraction of sp³-hybridized carbons (Fsp3) is 0.521. The molecular weight excluding hydrogens is 1610 g/mol. The minimum Gasteiger partial charge on any atom is -0.368 e. The van der Waals surface area contributed by atoms with Gasteiger partial charge in [0.2, 0.25) is 29.7 Å². The van der Waals surface area contributed by atoms with Crippen LogP contribution < -0.4 is 62.1 Å². The van der Waals surface area contributed by atoms with Crippen LogP contribution in [0.5, 0.6) is 0 Å². The van der Waals surface area contributed by atoms with Crippen LogP contribution in [-0.2, 0) is 27.6 Å². The number of hydrogen-bond donors (Lipinski definition) is 8. The first-order chi connectivity index (χ1) is 62.9. The van der Waals surface area contributed by atoms with Crippen molar-refractivity contribution in [3.8, 4) is 0 Å². The maximum atomic E-state index is 12.8. The van der Waals surface area contributed by atoms with Crippen LogP contribution in [0.15, 0.2) is 104 Å². The summed E-state index contributed by atoms with van der Waals surface area (Å²) in [6.45, 7) is 15.9. The fourth-order valence-electron chi connectivity index (χ4n) is 22.8. The average molecular weight is 1730 g/mol. The SMILES string of the molecule is O=C1CCC2(CCCCC2)C2=C1Cc1cnc(Nc3ccc(N4CCNCC4)cn3)nc12.O=C1CCC2(CCCCC2)c2c1nn1cnc(Nc3ccc(N4CCNCC4)cn3)nc21.O=C1CCC2(CCCCC2)c2c3nc(Nc4ccc(N5CCNCC5)cn4)ncc3nn21.O=C1CCC2(CCCCC2)n2c1nc1cnc(Nc3ccc(N4CCNCC4)cn3)nc12. The topological polar surface area (TPSA) is 385 Å². The highest BCUT2D eigenvalue weighted by atomic mass is 16.2. The van der Waals surface area contributed by atoms with E-state index in [4.69, 9.17) is 19.9 Å². The smallest absolute Gasteiger partial charge is 0.247 e. The van der Waals surface area contributed by atoms with E-state index in [0.29, 0.717) is 102 Å². The zero-order valence-electron chi connectivity index (χ0n) is 73.0. The van der Waals surface area contributed by atoms with Gasteiger partial charge in [0.15, 0.2) is 34.5 Å². The number of nitrogens with zero attached hydrogens (tertiary/aromatic N) is 22. The standard InChI is InChI=1S/C25H30N6O.3C23H28N8O/c32-20-6-9-25(7-2-1-3-8-25)22-19(20)14-17-15-28-24(30-23(17)22)29-21-5-4-18(16-27-21)31-12-10-26-11-13-31;32-18-6-9-23(7-2-1-3-8-23)31-20-17(27-21(18)31)15-26-22(29-20)28-19-5-4-16(14-25-19)30-12-10-24-11-13-30;32-19-6-9-23(7-2-1-3-8-23)21-20-17(29-31(19)21)15-26-22(28-20)27-18-5-4-16(14-25-18)30-12-10-24-11-13-30;32-17-6-9-23(7-2-1-3-8-23)19-20(17)29-31-15-26-22(28-21(19)31)27-18-5-4-16(14-25-18)30-12-10-24-11-13-30/h4-5,15-16,26H,1-3,6-14H2,(H,27,28,29,30);4-5,14-15,24H,1-3,6-13H2,(H,25,26,28,29);2*4-5,14-15,24H,1-3,6-13H2,(H,25,27,28). The van der Waals surface area contributed by atoms with E-state index in [9.17, 15) is 19.2 Å². The minimum atomic E-state index is -0.0366. The molecule has 4 saturated heterocycles. The number of ketones is 3. The number of Topliss-reactive ketones (excluding diaryl/α,β-unsaturated/α-hetero) is 3. The molecule has 7 aliphatic carbocycles. The lowest BCUT2D eigenvalue weighted by molar-refractivity contribution is -0.116. The van der Waals surface area contributed by atoms with Gasteiger partial charge in [-0.25, -0.2) is 64.0 Å². The summed E-state index contributed by atoms with van der Waals surface area (Å²) in [7, 11) is 0. The Morgan fingerprint density at radius 3 is 1.31 bits per heavy atom. The maximum absolute atomic E-state index is 12.8. The molecule has 34 heteroatoms. The number of anilines is 12. The third kappa shape index (κ3) is 16.6. The number of allylic oxidation sites excluding steroid dienone is 2. The number of carbonyl (C=O) groups is 4. The number of pyridine rings is 4. The molecule has 0 aromatic carbocycles. The molecule has 664 valence electrons. The predicted octanol–water partition coefficient (Wildman–Crippen LogP) is 12.5. The minimum absolute atomic E-state index is 0.00965. The Balaban J connectivity index is 0.000000104. The van der Waals surface area contributed by atoms with E-state index in [1.807, 2.05) is 55.2 Å². The monoisotopic (exact) mass is 1730 g/mol. The summed E-state index contributed by atoms with van der Waals surface area (Å²) in [4.78, 5) is 120.